The van der Waals surface area contributed by atoms with Gasteiger partial charge in [0, 0.05) is 42.0 Å². The second-order valence-electron chi connectivity index (χ2n) is 5.77. The largest absolute Gasteiger partial charge is 0.457 e. The maximum atomic E-state index is 13.9. The molecule has 0 spiro atoms. The first kappa shape index (κ1) is 17.7. The molecule has 0 radical (unpaired) electrons. The van der Waals surface area contributed by atoms with Gasteiger partial charge in [-0.15, -0.1) is 0 Å². The third-order valence-electron chi connectivity index (χ3n) is 3.82. The Balaban J connectivity index is 2.15. The van der Waals surface area contributed by atoms with Crippen LogP contribution >= 0.6 is 0 Å². The van der Waals surface area contributed by atoms with E-state index in [0.29, 0.717) is 6.07 Å². The van der Waals surface area contributed by atoms with Crippen LogP contribution in [0.3, 0.4) is 0 Å². The Kier molecular flexibility index (Phi) is 4.03. The van der Waals surface area contributed by atoms with Gasteiger partial charge in [-0.3, -0.25) is 0 Å². The van der Waals surface area contributed by atoms with Crippen molar-refractivity contribution in [1.29, 1.82) is 0 Å². The highest BCUT2D eigenvalue weighted by molar-refractivity contribution is 7.90. The summed E-state index contributed by atoms with van der Waals surface area (Å²) < 4.78 is 83.2. The van der Waals surface area contributed by atoms with Crippen molar-refractivity contribution in [2.24, 2.45) is 0 Å². The molecule has 0 fully saturated rings. The minimum atomic E-state index is -3.88. The molecule has 9 heteroatoms. The average molecular weight is 376 g/mol. The first-order valence-electron chi connectivity index (χ1n) is 7.05. The minimum absolute atomic E-state index is 0.205. The number of halogens is 4. The van der Waals surface area contributed by atoms with E-state index in [2.05, 4.69) is 0 Å². The molecular weight excluding hydrogens is 364 g/mol. The summed E-state index contributed by atoms with van der Waals surface area (Å²) in [7, 11) is -3.88. The van der Waals surface area contributed by atoms with Gasteiger partial charge in [-0.05, 0) is 12.1 Å². The van der Waals surface area contributed by atoms with Gasteiger partial charge in [0.15, 0.2) is 9.84 Å². The smallest absolute Gasteiger partial charge is 0.281 e. The number of aliphatic hydroxyl groups excluding tert-OH is 1. The summed E-state index contributed by atoms with van der Waals surface area (Å²) in [5.41, 5.74) is -0.674. The topological polar surface area (TPSA) is 63.6 Å². The van der Waals surface area contributed by atoms with Crippen molar-refractivity contribution in [2.45, 2.75) is 23.3 Å². The average Bonchev–Trinajstić information content (AvgIpc) is 2.68. The predicted octanol–water partition coefficient (Wildman–Crippen LogP) is 3.39. The second-order valence-corrected chi connectivity index (χ2v) is 7.76. The standard InChI is InChI=1S/C16H12F4O4S/c1-25(22,23)13-3-2-12(11-7-16(19,20)15(21)14(11)13)24-10-5-8(17)4-9(18)6-10/h2-6,15,21H,7H2,1H3/t15-/m0/s1. The van der Waals surface area contributed by atoms with Crippen molar-refractivity contribution in [3.05, 3.63) is 53.1 Å². The summed E-state index contributed by atoms with van der Waals surface area (Å²) in [6, 6.07) is 4.45. The van der Waals surface area contributed by atoms with E-state index in [4.69, 9.17) is 4.74 Å². The molecule has 3 rings (SSSR count). The molecule has 0 saturated carbocycles. The van der Waals surface area contributed by atoms with Crippen molar-refractivity contribution in [2.75, 3.05) is 6.26 Å². The quantitative estimate of drug-likeness (QED) is 0.835. The monoisotopic (exact) mass is 376 g/mol. The summed E-state index contributed by atoms with van der Waals surface area (Å²) in [6.07, 6.45) is -2.45. The van der Waals surface area contributed by atoms with Crippen molar-refractivity contribution in [3.63, 3.8) is 0 Å². The fourth-order valence-corrected chi connectivity index (χ4v) is 3.73. The number of rotatable bonds is 3. The maximum absolute atomic E-state index is 13.9. The lowest BCUT2D eigenvalue weighted by atomic mass is 10.1. The fraction of sp³-hybridized carbons (Fsp3) is 0.250. The lowest BCUT2D eigenvalue weighted by Gasteiger charge is -2.15. The Hall–Kier alpha value is -2.13. The van der Waals surface area contributed by atoms with Gasteiger partial charge in [0.05, 0.1) is 4.90 Å². The number of alkyl halides is 2. The summed E-state index contributed by atoms with van der Waals surface area (Å²) in [4.78, 5) is -0.440. The van der Waals surface area contributed by atoms with Crippen LogP contribution in [0.25, 0.3) is 0 Å². The summed E-state index contributed by atoms with van der Waals surface area (Å²) in [5.74, 6) is -5.93. The van der Waals surface area contributed by atoms with Crippen LogP contribution in [0.15, 0.2) is 35.2 Å². The second kappa shape index (κ2) is 5.70. The molecule has 1 aliphatic carbocycles. The molecule has 0 bridgehead atoms. The number of sulfone groups is 1. The Morgan fingerprint density at radius 3 is 2.32 bits per heavy atom. The van der Waals surface area contributed by atoms with Crippen LogP contribution in [0.2, 0.25) is 0 Å². The summed E-state index contributed by atoms with van der Waals surface area (Å²) >= 11 is 0. The van der Waals surface area contributed by atoms with E-state index >= 15 is 0 Å². The first-order valence-corrected chi connectivity index (χ1v) is 8.94. The lowest BCUT2D eigenvalue weighted by molar-refractivity contribution is -0.0976. The number of fused-ring (bicyclic) bond motifs is 1. The molecule has 1 aliphatic rings. The molecule has 0 saturated heterocycles. The third-order valence-corrected chi connectivity index (χ3v) is 4.98. The fourth-order valence-electron chi connectivity index (χ4n) is 2.78. The van der Waals surface area contributed by atoms with Crippen molar-refractivity contribution in [1.82, 2.24) is 0 Å². The third kappa shape index (κ3) is 3.21. The molecule has 1 N–H and O–H groups in total. The molecule has 1 atom stereocenters. The molecule has 0 amide bonds. The number of benzene rings is 2. The van der Waals surface area contributed by atoms with Crippen LogP contribution in [0.5, 0.6) is 11.5 Å². The van der Waals surface area contributed by atoms with Crippen molar-refractivity contribution in [3.8, 4) is 11.5 Å². The Bertz CT molecular complexity index is 937. The molecule has 0 aromatic heterocycles. The lowest BCUT2D eigenvalue weighted by Crippen LogP contribution is -2.22. The van der Waals surface area contributed by atoms with Crippen LogP contribution in [0.1, 0.15) is 17.2 Å². The SMILES string of the molecule is CS(=O)(=O)c1ccc(Oc2cc(F)cc(F)c2)c2c1[C@H](O)C(F)(F)C2. The van der Waals surface area contributed by atoms with Gasteiger partial charge >= 0.3 is 0 Å². The number of hydrogen-bond donors (Lipinski definition) is 1. The maximum Gasteiger partial charge on any atom is 0.281 e. The highest BCUT2D eigenvalue weighted by Crippen LogP contribution is 2.49. The van der Waals surface area contributed by atoms with Crippen molar-refractivity contribution >= 4 is 9.84 Å². The number of ether oxygens (including phenoxy) is 1. The van der Waals surface area contributed by atoms with Crippen LogP contribution in [-0.4, -0.2) is 25.7 Å². The summed E-state index contributed by atoms with van der Waals surface area (Å²) in [5, 5.41) is 9.84. The Morgan fingerprint density at radius 1 is 1.16 bits per heavy atom. The van der Waals surface area contributed by atoms with E-state index in [1.807, 2.05) is 0 Å². The molecule has 2 aromatic carbocycles. The zero-order valence-electron chi connectivity index (χ0n) is 12.8. The van der Waals surface area contributed by atoms with E-state index < -0.39 is 50.4 Å². The van der Waals surface area contributed by atoms with Gasteiger partial charge in [-0.1, -0.05) is 0 Å². The van der Waals surface area contributed by atoms with E-state index in [1.165, 1.54) is 0 Å². The van der Waals surface area contributed by atoms with Gasteiger partial charge in [0.2, 0.25) is 0 Å². The predicted molar refractivity (Wildman–Crippen MR) is 79.6 cm³/mol. The van der Waals surface area contributed by atoms with Gasteiger partial charge in [-0.25, -0.2) is 26.0 Å². The molecule has 0 aliphatic heterocycles. The molecule has 0 heterocycles. The van der Waals surface area contributed by atoms with E-state index in [9.17, 15) is 31.1 Å². The van der Waals surface area contributed by atoms with Gasteiger partial charge in [0.1, 0.15) is 29.2 Å². The normalized spacial score (nSPS) is 18.9. The van der Waals surface area contributed by atoms with E-state index in [1.54, 1.807) is 0 Å². The van der Waals surface area contributed by atoms with Gasteiger partial charge in [0.25, 0.3) is 5.92 Å². The zero-order valence-corrected chi connectivity index (χ0v) is 13.6. The number of hydrogen-bond acceptors (Lipinski definition) is 4. The van der Waals surface area contributed by atoms with Crippen molar-refractivity contribution < 1.29 is 35.8 Å². The van der Waals surface area contributed by atoms with Crippen LogP contribution in [-0.2, 0) is 16.3 Å². The van der Waals surface area contributed by atoms with Crippen LogP contribution in [0.4, 0.5) is 17.6 Å². The van der Waals surface area contributed by atoms with E-state index in [-0.39, 0.29) is 17.1 Å². The highest BCUT2D eigenvalue weighted by atomic mass is 32.2. The molecular formula is C16H12F4O4S. The molecule has 2 aromatic rings. The highest BCUT2D eigenvalue weighted by Gasteiger charge is 2.50. The van der Waals surface area contributed by atoms with Gasteiger partial charge < -0.3 is 9.84 Å². The minimum Gasteiger partial charge on any atom is -0.457 e. The molecule has 4 nitrogen and oxygen atoms in total. The Morgan fingerprint density at radius 2 is 1.76 bits per heavy atom. The molecule has 134 valence electrons. The van der Waals surface area contributed by atoms with E-state index in [0.717, 1.165) is 30.5 Å². The zero-order chi connectivity index (χ0) is 18.6. The molecule has 0 unspecified atom stereocenters. The van der Waals surface area contributed by atoms with Crippen LogP contribution in [0, 0.1) is 11.6 Å². The van der Waals surface area contributed by atoms with Gasteiger partial charge in [-0.2, -0.15) is 0 Å². The Labute approximate surface area is 140 Å². The van der Waals surface area contributed by atoms with Crippen LogP contribution < -0.4 is 4.74 Å². The summed E-state index contributed by atoms with van der Waals surface area (Å²) in [6.45, 7) is 0. The molecule has 25 heavy (non-hydrogen) atoms. The number of aliphatic hydroxyl groups is 1. The first-order chi connectivity index (χ1) is 11.5.